The smallest absolute Gasteiger partial charge is 0.248 e. The van der Waals surface area contributed by atoms with E-state index in [1.165, 1.54) is 0 Å². The second-order valence-corrected chi connectivity index (χ2v) is 4.92. The van der Waals surface area contributed by atoms with Crippen molar-refractivity contribution in [2.24, 2.45) is 5.92 Å². The Kier molecular flexibility index (Phi) is 3.61. The van der Waals surface area contributed by atoms with Gasteiger partial charge in [0.15, 0.2) is 0 Å². The van der Waals surface area contributed by atoms with E-state index in [0.29, 0.717) is 6.42 Å². The molecular weight excluding hydrogens is 204 g/mol. The molecule has 1 rings (SSSR count). The Morgan fingerprint density at radius 1 is 1.44 bits per heavy atom. The first-order valence-corrected chi connectivity index (χ1v) is 5.96. The van der Waals surface area contributed by atoms with Crippen LogP contribution in [0.25, 0.3) is 0 Å². The van der Waals surface area contributed by atoms with Crippen molar-refractivity contribution in [3.63, 3.8) is 0 Å². The Morgan fingerprint density at radius 3 is 2.44 bits per heavy atom. The Balaban J connectivity index is 2.97. The lowest BCUT2D eigenvalue weighted by atomic mass is 9.87. The second kappa shape index (κ2) is 4.44. The number of likely N-dealkylation sites (N-methyl/N-ethyl adjacent to an activating group) is 1. The molecule has 1 N–H and O–H groups in total. The zero-order valence-corrected chi connectivity index (χ0v) is 10.8. The first-order chi connectivity index (χ1) is 7.37. The molecule has 2 amide bonds. The first-order valence-electron chi connectivity index (χ1n) is 5.96. The number of hydrogen-bond donors (Lipinski definition) is 1. The molecule has 1 saturated heterocycles. The lowest BCUT2D eigenvalue weighted by molar-refractivity contribution is -0.154. The molecule has 0 aromatic heterocycles. The van der Waals surface area contributed by atoms with Crippen LogP contribution in [0.5, 0.6) is 0 Å². The number of amides is 2. The van der Waals surface area contributed by atoms with E-state index in [-0.39, 0.29) is 23.8 Å². The fourth-order valence-corrected chi connectivity index (χ4v) is 2.19. The highest BCUT2D eigenvalue weighted by Gasteiger charge is 2.46. The predicted octanol–water partition coefficient (Wildman–Crippen LogP) is 1.16. The van der Waals surface area contributed by atoms with Crippen molar-refractivity contribution < 1.29 is 9.59 Å². The van der Waals surface area contributed by atoms with E-state index in [1.807, 2.05) is 20.8 Å². The van der Waals surface area contributed by atoms with Crippen LogP contribution in [0.3, 0.4) is 0 Å². The summed E-state index contributed by atoms with van der Waals surface area (Å²) in [5.41, 5.74) is -0.726. The van der Waals surface area contributed by atoms with Crippen LogP contribution in [0.2, 0.25) is 0 Å². The van der Waals surface area contributed by atoms with Gasteiger partial charge in [-0.3, -0.25) is 9.59 Å². The largest absolute Gasteiger partial charge is 0.340 e. The molecule has 4 nitrogen and oxygen atoms in total. The molecule has 4 heteroatoms. The standard InChI is InChI=1S/C12H22N2O2/c1-6-8(3)9-10(15)13-12(4,7-2)11(16)14(9)5/h8-9H,6-7H2,1-5H3,(H,13,15). The van der Waals surface area contributed by atoms with Gasteiger partial charge in [-0.2, -0.15) is 0 Å². The Labute approximate surface area is 97.4 Å². The van der Waals surface area contributed by atoms with Gasteiger partial charge in [-0.25, -0.2) is 0 Å². The minimum atomic E-state index is -0.726. The molecule has 3 unspecified atom stereocenters. The minimum absolute atomic E-state index is 0.0138. The van der Waals surface area contributed by atoms with E-state index >= 15 is 0 Å². The van der Waals surface area contributed by atoms with Crippen LogP contribution in [0.4, 0.5) is 0 Å². The van der Waals surface area contributed by atoms with Crippen molar-refractivity contribution in [2.45, 2.75) is 52.1 Å². The van der Waals surface area contributed by atoms with Gasteiger partial charge in [0.2, 0.25) is 11.8 Å². The van der Waals surface area contributed by atoms with Crippen LogP contribution in [-0.4, -0.2) is 35.3 Å². The summed E-state index contributed by atoms with van der Waals surface area (Å²) in [4.78, 5) is 25.8. The number of carbonyl (C=O) groups is 2. The van der Waals surface area contributed by atoms with Crippen molar-refractivity contribution >= 4 is 11.8 Å². The summed E-state index contributed by atoms with van der Waals surface area (Å²) in [7, 11) is 1.73. The maximum absolute atomic E-state index is 12.2. The van der Waals surface area contributed by atoms with Gasteiger partial charge in [0.25, 0.3) is 0 Å². The Bertz CT molecular complexity index is 303. The minimum Gasteiger partial charge on any atom is -0.340 e. The molecule has 1 aliphatic heterocycles. The number of nitrogens with zero attached hydrogens (tertiary/aromatic N) is 1. The SMILES string of the molecule is CCC(C)C1C(=O)NC(C)(CC)C(=O)N1C. The molecule has 16 heavy (non-hydrogen) atoms. The summed E-state index contributed by atoms with van der Waals surface area (Å²) in [5.74, 6) is 0.177. The number of hydrogen-bond acceptors (Lipinski definition) is 2. The van der Waals surface area contributed by atoms with E-state index in [1.54, 1.807) is 18.9 Å². The van der Waals surface area contributed by atoms with E-state index in [4.69, 9.17) is 0 Å². The Morgan fingerprint density at radius 2 is 2.00 bits per heavy atom. The highest BCUT2D eigenvalue weighted by atomic mass is 16.2. The third-order valence-electron chi connectivity index (χ3n) is 3.77. The van der Waals surface area contributed by atoms with Gasteiger partial charge < -0.3 is 10.2 Å². The highest BCUT2D eigenvalue weighted by molar-refractivity contribution is 5.99. The number of rotatable bonds is 3. The molecule has 0 aromatic carbocycles. The molecule has 3 atom stereocenters. The lowest BCUT2D eigenvalue weighted by Gasteiger charge is -2.44. The topological polar surface area (TPSA) is 49.4 Å². The zero-order chi connectivity index (χ0) is 12.5. The number of nitrogens with one attached hydrogen (secondary N) is 1. The van der Waals surface area contributed by atoms with Crippen LogP contribution in [-0.2, 0) is 9.59 Å². The summed E-state index contributed by atoms with van der Waals surface area (Å²) >= 11 is 0. The average molecular weight is 226 g/mol. The molecule has 0 bridgehead atoms. The normalized spacial score (nSPS) is 32.6. The molecule has 1 heterocycles. The summed E-state index contributed by atoms with van der Waals surface area (Å²) < 4.78 is 0. The third kappa shape index (κ3) is 1.93. The van der Waals surface area contributed by atoms with E-state index in [0.717, 1.165) is 6.42 Å². The molecule has 0 radical (unpaired) electrons. The third-order valence-corrected chi connectivity index (χ3v) is 3.77. The zero-order valence-electron chi connectivity index (χ0n) is 10.8. The van der Waals surface area contributed by atoms with Crippen molar-refractivity contribution in [3.05, 3.63) is 0 Å². The van der Waals surface area contributed by atoms with Gasteiger partial charge >= 0.3 is 0 Å². The Hall–Kier alpha value is -1.06. The molecule has 0 aliphatic carbocycles. The predicted molar refractivity (Wildman–Crippen MR) is 62.9 cm³/mol. The molecule has 0 saturated carbocycles. The van der Waals surface area contributed by atoms with Gasteiger partial charge in [-0.05, 0) is 19.3 Å². The van der Waals surface area contributed by atoms with Crippen LogP contribution in [0.15, 0.2) is 0 Å². The van der Waals surface area contributed by atoms with Crippen molar-refractivity contribution in [3.8, 4) is 0 Å². The lowest BCUT2D eigenvalue weighted by Crippen LogP contribution is -2.69. The quantitative estimate of drug-likeness (QED) is 0.785. The van der Waals surface area contributed by atoms with Gasteiger partial charge in [0.05, 0.1) is 0 Å². The summed E-state index contributed by atoms with van der Waals surface area (Å²) in [6.07, 6.45) is 1.51. The maximum Gasteiger partial charge on any atom is 0.248 e. The molecular formula is C12H22N2O2. The van der Waals surface area contributed by atoms with E-state index in [9.17, 15) is 9.59 Å². The van der Waals surface area contributed by atoms with Gasteiger partial charge in [-0.15, -0.1) is 0 Å². The molecule has 92 valence electrons. The second-order valence-electron chi connectivity index (χ2n) is 4.92. The highest BCUT2D eigenvalue weighted by Crippen LogP contribution is 2.24. The molecule has 1 fully saturated rings. The summed E-state index contributed by atoms with van der Waals surface area (Å²) in [5, 5.41) is 2.86. The van der Waals surface area contributed by atoms with Crippen LogP contribution < -0.4 is 5.32 Å². The average Bonchev–Trinajstić information content (AvgIpc) is 2.25. The fourth-order valence-electron chi connectivity index (χ4n) is 2.19. The number of carbonyl (C=O) groups excluding carboxylic acids is 2. The van der Waals surface area contributed by atoms with E-state index in [2.05, 4.69) is 5.32 Å². The number of piperazine rings is 1. The van der Waals surface area contributed by atoms with Crippen LogP contribution in [0.1, 0.15) is 40.5 Å². The van der Waals surface area contributed by atoms with Crippen LogP contribution in [0, 0.1) is 5.92 Å². The van der Waals surface area contributed by atoms with Gasteiger partial charge in [0, 0.05) is 7.05 Å². The van der Waals surface area contributed by atoms with E-state index < -0.39 is 5.54 Å². The maximum atomic E-state index is 12.2. The fraction of sp³-hybridized carbons (Fsp3) is 0.833. The molecule has 0 spiro atoms. The van der Waals surface area contributed by atoms with Gasteiger partial charge in [-0.1, -0.05) is 27.2 Å². The monoisotopic (exact) mass is 226 g/mol. The molecule has 1 aliphatic rings. The summed E-state index contributed by atoms with van der Waals surface area (Å²) in [6.45, 7) is 7.73. The van der Waals surface area contributed by atoms with Gasteiger partial charge in [0.1, 0.15) is 11.6 Å². The molecule has 0 aromatic rings. The summed E-state index contributed by atoms with van der Waals surface area (Å²) in [6, 6.07) is -0.322. The van der Waals surface area contributed by atoms with Crippen molar-refractivity contribution in [1.29, 1.82) is 0 Å². The first kappa shape index (κ1) is 13.0. The van der Waals surface area contributed by atoms with Crippen molar-refractivity contribution in [2.75, 3.05) is 7.05 Å². The van der Waals surface area contributed by atoms with Crippen LogP contribution >= 0.6 is 0 Å². The van der Waals surface area contributed by atoms with Crippen molar-refractivity contribution in [1.82, 2.24) is 10.2 Å².